The Bertz CT molecular complexity index is 1270. The van der Waals surface area contributed by atoms with Gasteiger partial charge >= 0.3 is 5.97 Å². The van der Waals surface area contributed by atoms with Crippen LogP contribution < -0.4 is 19.5 Å². The minimum Gasteiger partial charge on any atom is -0.493 e. The minimum atomic E-state index is -0.540. The number of benzene rings is 2. The summed E-state index contributed by atoms with van der Waals surface area (Å²) < 4.78 is 23.0. The molecule has 188 valence electrons. The maximum atomic E-state index is 12.6. The lowest BCUT2D eigenvalue weighted by atomic mass is 10.1. The SMILES string of the molecule is COc1cc(CCC(=O)OCC(=O)Nc2c(C#N)c(C)c(C)n2-c2ccccc2)cc(OC)c1OC. The van der Waals surface area contributed by atoms with Crippen LogP contribution in [0, 0.1) is 25.2 Å². The summed E-state index contributed by atoms with van der Waals surface area (Å²) >= 11 is 0. The van der Waals surface area contributed by atoms with Crippen LogP contribution in [-0.4, -0.2) is 44.4 Å². The van der Waals surface area contributed by atoms with Crippen LogP contribution in [0.1, 0.15) is 28.8 Å². The molecule has 0 aliphatic rings. The average molecular weight is 492 g/mol. The fourth-order valence-electron chi connectivity index (χ4n) is 3.87. The molecular formula is C27H29N3O6. The van der Waals surface area contributed by atoms with Crippen molar-refractivity contribution in [3.8, 4) is 29.0 Å². The van der Waals surface area contributed by atoms with Gasteiger partial charge in [0.15, 0.2) is 18.1 Å². The Kier molecular flexibility index (Phi) is 8.57. The normalized spacial score (nSPS) is 10.3. The Balaban J connectivity index is 1.65. The van der Waals surface area contributed by atoms with Crippen LogP contribution in [-0.2, 0) is 20.7 Å². The summed E-state index contributed by atoms with van der Waals surface area (Å²) in [6.45, 7) is 3.23. The van der Waals surface area contributed by atoms with Crippen molar-refractivity contribution in [1.29, 1.82) is 5.26 Å². The van der Waals surface area contributed by atoms with Crippen molar-refractivity contribution in [2.24, 2.45) is 0 Å². The number of aryl methyl sites for hydroxylation is 1. The summed E-state index contributed by atoms with van der Waals surface area (Å²) in [5.74, 6) is 0.704. The molecule has 0 aliphatic heterocycles. The Morgan fingerprint density at radius 3 is 2.19 bits per heavy atom. The molecule has 9 heteroatoms. The highest BCUT2D eigenvalue weighted by Gasteiger charge is 2.21. The zero-order valence-electron chi connectivity index (χ0n) is 21.0. The quantitative estimate of drug-likeness (QED) is 0.425. The van der Waals surface area contributed by atoms with Gasteiger partial charge in [-0.25, -0.2) is 0 Å². The fraction of sp³-hybridized carbons (Fsp3) is 0.296. The molecule has 0 fully saturated rings. The monoisotopic (exact) mass is 491 g/mol. The predicted octanol–water partition coefficient (Wildman–Crippen LogP) is 4.11. The fourth-order valence-corrected chi connectivity index (χ4v) is 3.87. The highest BCUT2D eigenvalue weighted by atomic mass is 16.5. The second-order valence-electron chi connectivity index (χ2n) is 7.96. The number of carbonyl (C=O) groups excluding carboxylic acids is 2. The van der Waals surface area contributed by atoms with Crippen molar-refractivity contribution in [2.75, 3.05) is 33.3 Å². The number of methoxy groups -OCH3 is 3. The number of amides is 1. The van der Waals surface area contributed by atoms with Crippen LogP contribution in [0.5, 0.6) is 17.2 Å². The van der Waals surface area contributed by atoms with Crippen LogP contribution in [0.25, 0.3) is 5.69 Å². The Morgan fingerprint density at radius 1 is 1.00 bits per heavy atom. The van der Waals surface area contributed by atoms with E-state index >= 15 is 0 Å². The molecule has 3 rings (SSSR count). The van der Waals surface area contributed by atoms with E-state index in [2.05, 4.69) is 11.4 Å². The molecule has 1 N–H and O–H groups in total. The van der Waals surface area contributed by atoms with Gasteiger partial charge in [-0.1, -0.05) is 18.2 Å². The van der Waals surface area contributed by atoms with Gasteiger partial charge in [-0.3, -0.25) is 14.2 Å². The molecule has 9 nitrogen and oxygen atoms in total. The van der Waals surface area contributed by atoms with E-state index in [-0.39, 0.29) is 6.42 Å². The van der Waals surface area contributed by atoms with E-state index in [4.69, 9.17) is 18.9 Å². The number of aromatic nitrogens is 1. The number of para-hydroxylation sites is 1. The lowest BCUT2D eigenvalue weighted by Gasteiger charge is -2.14. The van der Waals surface area contributed by atoms with Crippen molar-refractivity contribution in [2.45, 2.75) is 26.7 Å². The zero-order chi connectivity index (χ0) is 26.2. The number of rotatable bonds is 10. The first kappa shape index (κ1) is 26.2. The molecular weight excluding hydrogens is 462 g/mol. The molecule has 3 aromatic rings. The van der Waals surface area contributed by atoms with Gasteiger partial charge in [-0.05, 0) is 55.7 Å². The highest BCUT2D eigenvalue weighted by Crippen LogP contribution is 2.38. The van der Waals surface area contributed by atoms with Crippen molar-refractivity contribution in [1.82, 2.24) is 4.57 Å². The molecule has 1 aromatic heterocycles. The van der Waals surface area contributed by atoms with Crippen LogP contribution in [0.15, 0.2) is 42.5 Å². The molecule has 0 saturated heterocycles. The molecule has 2 aromatic carbocycles. The van der Waals surface area contributed by atoms with E-state index in [9.17, 15) is 14.9 Å². The lowest BCUT2D eigenvalue weighted by molar-refractivity contribution is -0.147. The number of esters is 1. The van der Waals surface area contributed by atoms with E-state index in [0.29, 0.717) is 35.1 Å². The van der Waals surface area contributed by atoms with E-state index in [0.717, 1.165) is 22.5 Å². The molecule has 0 radical (unpaired) electrons. The average Bonchev–Trinajstić information content (AvgIpc) is 3.13. The number of hydrogen-bond donors (Lipinski definition) is 1. The van der Waals surface area contributed by atoms with Gasteiger partial charge in [0, 0.05) is 17.8 Å². The van der Waals surface area contributed by atoms with Crippen LogP contribution in [0.2, 0.25) is 0 Å². The van der Waals surface area contributed by atoms with Crippen LogP contribution in [0.3, 0.4) is 0 Å². The van der Waals surface area contributed by atoms with Crippen molar-refractivity contribution < 1.29 is 28.5 Å². The molecule has 1 heterocycles. The van der Waals surface area contributed by atoms with E-state index in [1.54, 1.807) is 16.7 Å². The Hall–Kier alpha value is -4.45. The first-order valence-corrected chi connectivity index (χ1v) is 11.3. The van der Waals surface area contributed by atoms with Crippen molar-refractivity contribution in [3.63, 3.8) is 0 Å². The molecule has 36 heavy (non-hydrogen) atoms. The summed E-state index contributed by atoms with van der Waals surface area (Å²) in [4.78, 5) is 25.0. The highest BCUT2D eigenvalue weighted by molar-refractivity contribution is 5.94. The standard InChI is InChI=1S/C27H29N3O6/c1-17-18(2)30(20-9-7-6-8-10-20)27(21(17)15-28)29-24(31)16-36-25(32)12-11-19-13-22(33-3)26(35-5)23(14-19)34-4/h6-10,13-14H,11-12,16H2,1-5H3,(H,29,31). The van der Waals surface area contributed by atoms with Gasteiger partial charge in [0.2, 0.25) is 5.75 Å². The van der Waals surface area contributed by atoms with Gasteiger partial charge in [0.05, 0.1) is 26.9 Å². The van der Waals surface area contributed by atoms with Gasteiger partial charge in [0.1, 0.15) is 11.9 Å². The van der Waals surface area contributed by atoms with E-state index in [1.165, 1.54) is 21.3 Å². The number of nitrogens with zero attached hydrogens (tertiary/aromatic N) is 2. The molecule has 0 spiro atoms. The first-order chi connectivity index (χ1) is 17.3. The largest absolute Gasteiger partial charge is 0.493 e. The molecule has 1 amide bonds. The lowest BCUT2D eigenvalue weighted by Crippen LogP contribution is -2.23. The van der Waals surface area contributed by atoms with Gasteiger partial charge in [0.25, 0.3) is 5.91 Å². The maximum Gasteiger partial charge on any atom is 0.306 e. The van der Waals surface area contributed by atoms with Gasteiger partial charge < -0.3 is 24.3 Å². The summed E-state index contributed by atoms with van der Waals surface area (Å²) in [6.07, 6.45) is 0.402. The summed E-state index contributed by atoms with van der Waals surface area (Å²) in [7, 11) is 4.55. The summed E-state index contributed by atoms with van der Waals surface area (Å²) in [5, 5.41) is 12.4. The number of carbonyl (C=O) groups is 2. The zero-order valence-corrected chi connectivity index (χ0v) is 21.0. The second kappa shape index (κ2) is 11.8. The summed E-state index contributed by atoms with van der Waals surface area (Å²) in [5.41, 5.74) is 3.54. The Labute approximate surface area is 210 Å². The number of anilines is 1. The molecule has 0 bridgehead atoms. The van der Waals surface area contributed by atoms with Crippen molar-refractivity contribution in [3.05, 3.63) is 64.8 Å². The predicted molar refractivity (Wildman–Crippen MR) is 134 cm³/mol. The second-order valence-corrected chi connectivity index (χ2v) is 7.96. The van der Waals surface area contributed by atoms with Crippen LogP contribution >= 0.6 is 0 Å². The van der Waals surface area contributed by atoms with Gasteiger partial charge in [-0.2, -0.15) is 5.26 Å². The topological polar surface area (TPSA) is 112 Å². The Morgan fingerprint density at radius 2 is 1.64 bits per heavy atom. The molecule has 0 unspecified atom stereocenters. The third-order valence-electron chi connectivity index (χ3n) is 5.80. The molecule has 0 saturated carbocycles. The first-order valence-electron chi connectivity index (χ1n) is 11.3. The number of hydrogen-bond acceptors (Lipinski definition) is 7. The number of nitrogens with one attached hydrogen (secondary N) is 1. The number of nitriles is 1. The third-order valence-corrected chi connectivity index (χ3v) is 5.80. The molecule has 0 atom stereocenters. The van der Waals surface area contributed by atoms with E-state index < -0.39 is 18.5 Å². The minimum absolute atomic E-state index is 0.0496. The maximum absolute atomic E-state index is 12.6. The third kappa shape index (κ3) is 5.61. The smallest absolute Gasteiger partial charge is 0.306 e. The summed E-state index contributed by atoms with van der Waals surface area (Å²) in [6, 6.07) is 15.1. The van der Waals surface area contributed by atoms with Gasteiger partial charge in [-0.15, -0.1) is 0 Å². The van der Waals surface area contributed by atoms with Crippen LogP contribution in [0.4, 0.5) is 5.82 Å². The number of ether oxygens (including phenoxy) is 4. The van der Waals surface area contributed by atoms with Crippen molar-refractivity contribution >= 4 is 17.7 Å². The van der Waals surface area contributed by atoms with E-state index in [1.807, 2.05) is 44.2 Å². The molecule has 0 aliphatic carbocycles.